The maximum atomic E-state index is 13.3. The predicted octanol–water partition coefficient (Wildman–Crippen LogP) is 5.80. The normalized spacial score (nSPS) is 12.5. The van der Waals surface area contributed by atoms with Crippen LogP contribution in [0.3, 0.4) is 0 Å². The smallest absolute Gasteiger partial charge is 0.168 e. The minimum absolute atomic E-state index is 0.0681. The third-order valence-electron chi connectivity index (χ3n) is 3.30. The molecule has 0 amide bonds. The molecule has 2 aromatic rings. The van der Waals surface area contributed by atoms with Crippen LogP contribution >= 0.6 is 23.2 Å². The topological polar surface area (TPSA) is 0 Å². The largest absolute Gasteiger partial charge is 0.207 e. The Morgan fingerprint density at radius 2 is 1.35 bits per heavy atom. The monoisotopic (exact) mass is 310 g/mol. The Morgan fingerprint density at radius 3 is 1.85 bits per heavy atom. The first-order chi connectivity index (χ1) is 9.21. The molecular formula is C17H17Cl2F. The number of halogens is 3. The van der Waals surface area contributed by atoms with Gasteiger partial charge in [0.2, 0.25) is 0 Å². The van der Waals surface area contributed by atoms with E-state index in [1.165, 1.54) is 17.7 Å². The molecule has 2 aromatic carbocycles. The molecule has 3 heteroatoms. The molecule has 0 aromatic heterocycles. The second-order valence-electron chi connectivity index (χ2n) is 5.91. The summed E-state index contributed by atoms with van der Waals surface area (Å²) in [7, 11) is 0. The Balaban J connectivity index is 2.39. The van der Waals surface area contributed by atoms with Crippen molar-refractivity contribution in [3.8, 4) is 0 Å². The highest BCUT2D eigenvalue weighted by Crippen LogP contribution is 2.41. The van der Waals surface area contributed by atoms with E-state index < -0.39 is 4.33 Å². The van der Waals surface area contributed by atoms with Crippen molar-refractivity contribution in [2.45, 2.75) is 30.5 Å². The van der Waals surface area contributed by atoms with E-state index in [0.717, 1.165) is 5.56 Å². The predicted molar refractivity (Wildman–Crippen MR) is 84.0 cm³/mol. The summed E-state index contributed by atoms with van der Waals surface area (Å²) in [5.41, 5.74) is 2.53. The highest BCUT2D eigenvalue weighted by molar-refractivity contribution is 6.50. The molecule has 106 valence electrons. The van der Waals surface area contributed by atoms with Crippen molar-refractivity contribution in [2.75, 3.05) is 0 Å². The highest BCUT2D eigenvalue weighted by Gasteiger charge is 2.29. The lowest BCUT2D eigenvalue weighted by Gasteiger charge is -2.23. The summed E-state index contributed by atoms with van der Waals surface area (Å²) in [4.78, 5) is 0. The van der Waals surface area contributed by atoms with Gasteiger partial charge in [0.25, 0.3) is 0 Å². The maximum Gasteiger partial charge on any atom is 0.168 e. The van der Waals surface area contributed by atoms with E-state index in [4.69, 9.17) is 23.2 Å². The molecule has 0 aliphatic rings. The minimum Gasteiger partial charge on any atom is -0.207 e. The summed E-state index contributed by atoms with van der Waals surface area (Å²) >= 11 is 12.8. The zero-order valence-electron chi connectivity index (χ0n) is 11.8. The first kappa shape index (κ1) is 15.3. The van der Waals surface area contributed by atoms with Gasteiger partial charge in [-0.25, -0.2) is 4.39 Å². The summed E-state index contributed by atoms with van der Waals surface area (Å²) in [6.45, 7) is 6.43. The van der Waals surface area contributed by atoms with E-state index in [-0.39, 0.29) is 11.2 Å². The Bertz CT molecular complexity index is 595. The van der Waals surface area contributed by atoms with Crippen LogP contribution in [0.15, 0.2) is 48.5 Å². The van der Waals surface area contributed by atoms with Gasteiger partial charge in [0, 0.05) is 0 Å². The molecule has 0 nitrogen and oxygen atoms in total. The molecule has 2 rings (SSSR count). The van der Waals surface area contributed by atoms with Crippen molar-refractivity contribution >= 4 is 23.2 Å². The van der Waals surface area contributed by atoms with Crippen molar-refractivity contribution in [2.24, 2.45) is 0 Å². The second kappa shape index (κ2) is 5.38. The van der Waals surface area contributed by atoms with Crippen LogP contribution in [0, 0.1) is 5.82 Å². The van der Waals surface area contributed by atoms with Crippen LogP contribution in [-0.2, 0) is 9.75 Å². The van der Waals surface area contributed by atoms with Gasteiger partial charge in [-0.1, -0.05) is 80.4 Å². The van der Waals surface area contributed by atoms with Gasteiger partial charge in [0.1, 0.15) is 5.82 Å². The third kappa shape index (κ3) is 3.16. The van der Waals surface area contributed by atoms with Crippen molar-refractivity contribution in [3.05, 3.63) is 71.0 Å². The maximum absolute atomic E-state index is 13.3. The van der Waals surface area contributed by atoms with Crippen LogP contribution in [0.1, 0.15) is 37.5 Å². The van der Waals surface area contributed by atoms with E-state index in [9.17, 15) is 4.39 Å². The molecule has 0 aliphatic carbocycles. The fourth-order valence-corrected chi connectivity index (χ4v) is 2.52. The third-order valence-corrected chi connectivity index (χ3v) is 4.17. The van der Waals surface area contributed by atoms with Gasteiger partial charge in [0.15, 0.2) is 4.33 Å². The lowest BCUT2D eigenvalue weighted by molar-refractivity contribution is 0.590. The summed E-state index contributed by atoms with van der Waals surface area (Å²) < 4.78 is 12.1. The average molecular weight is 311 g/mol. The van der Waals surface area contributed by atoms with Crippen LogP contribution in [0.25, 0.3) is 0 Å². The summed E-state index contributed by atoms with van der Waals surface area (Å²) in [6.07, 6.45) is 0. The van der Waals surface area contributed by atoms with Crippen LogP contribution < -0.4 is 0 Å². The number of benzene rings is 2. The van der Waals surface area contributed by atoms with Gasteiger partial charge in [-0.15, -0.1) is 0 Å². The van der Waals surface area contributed by atoms with E-state index in [0.29, 0.717) is 5.56 Å². The lowest BCUT2D eigenvalue weighted by Crippen LogP contribution is -2.15. The van der Waals surface area contributed by atoms with Gasteiger partial charge in [-0.05, 0) is 34.2 Å². The molecule has 0 bridgehead atoms. The van der Waals surface area contributed by atoms with Gasteiger partial charge in [-0.3, -0.25) is 0 Å². The zero-order chi connectivity index (χ0) is 15.0. The van der Waals surface area contributed by atoms with E-state index >= 15 is 0 Å². The van der Waals surface area contributed by atoms with Crippen LogP contribution in [0.4, 0.5) is 4.39 Å². The van der Waals surface area contributed by atoms with E-state index in [2.05, 4.69) is 20.8 Å². The fraction of sp³-hybridized carbons (Fsp3) is 0.294. The van der Waals surface area contributed by atoms with Crippen molar-refractivity contribution in [3.63, 3.8) is 0 Å². The standard InChI is InChI=1S/C17H17Cl2F/c1-16(2,3)12-7-9-13(10-8-12)17(18,19)14-5-4-6-15(20)11-14/h4-11H,1-3H3. The first-order valence-corrected chi connectivity index (χ1v) is 7.22. The van der Waals surface area contributed by atoms with Crippen molar-refractivity contribution < 1.29 is 4.39 Å². The molecule has 0 saturated carbocycles. The molecule has 0 unspecified atom stereocenters. The number of rotatable bonds is 2. The van der Waals surface area contributed by atoms with Gasteiger partial charge >= 0.3 is 0 Å². The molecule has 20 heavy (non-hydrogen) atoms. The summed E-state index contributed by atoms with van der Waals surface area (Å²) in [5, 5.41) is 0. The molecule has 0 heterocycles. The molecule has 0 spiro atoms. The SMILES string of the molecule is CC(C)(C)c1ccc(C(Cl)(Cl)c2cccc(F)c2)cc1. The molecular weight excluding hydrogens is 294 g/mol. The molecule has 0 N–H and O–H groups in total. The Hall–Kier alpha value is -1.05. The zero-order valence-corrected chi connectivity index (χ0v) is 13.3. The van der Waals surface area contributed by atoms with Gasteiger partial charge < -0.3 is 0 Å². The van der Waals surface area contributed by atoms with E-state index in [1.807, 2.05) is 24.3 Å². The first-order valence-electron chi connectivity index (χ1n) is 6.46. The average Bonchev–Trinajstić information content (AvgIpc) is 2.38. The highest BCUT2D eigenvalue weighted by atomic mass is 35.5. The fourth-order valence-electron chi connectivity index (χ4n) is 2.03. The molecule has 0 fully saturated rings. The quantitative estimate of drug-likeness (QED) is 0.615. The molecule has 0 atom stereocenters. The Labute approximate surface area is 129 Å². The van der Waals surface area contributed by atoms with Crippen LogP contribution in [-0.4, -0.2) is 0 Å². The molecule has 0 saturated heterocycles. The van der Waals surface area contributed by atoms with Gasteiger partial charge in [-0.2, -0.15) is 0 Å². The van der Waals surface area contributed by atoms with Crippen LogP contribution in [0.2, 0.25) is 0 Å². The van der Waals surface area contributed by atoms with Crippen LogP contribution in [0.5, 0.6) is 0 Å². The van der Waals surface area contributed by atoms with E-state index in [1.54, 1.807) is 12.1 Å². The van der Waals surface area contributed by atoms with Crippen molar-refractivity contribution in [1.29, 1.82) is 0 Å². The van der Waals surface area contributed by atoms with Gasteiger partial charge in [0.05, 0.1) is 0 Å². The van der Waals surface area contributed by atoms with Crippen molar-refractivity contribution in [1.82, 2.24) is 0 Å². The summed E-state index contributed by atoms with van der Waals surface area (Å²) in [5.74, 6) is -0.348. The Morgan fingerprint density at radius 1 is 0.800 bits per heavy atom. The second-order valence-corrected chi connectivity index (χ2v) is 7.24. The number of hydrogen-bond acceptors (Lipinski definition) is 0. The Kier molecular flexibility index (Phi) is 4.13. The summed E-state index contributed by atoms with van der Waals surface area (Å²) in [6, 6.07) is 13.9. The molecule has 0 aliphatic heterocycles. The molecule has 0 radical (unpaired) electrons. The minimum atomic E-state index is -1.25. The lowest BCUT2D eigenvalue weighted by atomic mass is 9.86. The number of hydrogen-bond donors (Lipinski definition) is 0. The number of alkyl halides is 2.